The van der Waals surface area contributed by atoms with Crippen molar-refractivity contribution in [2.75, 3.05) is 5.32 Å². The number of carbonyl (C=O) groups is 1. The van der Waals surface area contributed by atoms with E-state index in [4.69, 9.17) is 10.5 Å². The second kappa shape index (κ2) is 9.60. The van der Waals surface area contributed by atoms with E-state index >= 15 is 0 Å². The Morgan fingerprint density at radius 1 is 1.19 bits per heavy atom. The molecule has 2 atom stereocenters. The molecule has 5 heteroatoms. The number of anilines is 1. The van der Waals surface area contributed by atoms with Gasteiger partial charge in [0.15, 0.2) is 0 Å². The summed E-state index contributed by atoms with van der Waals surface area (Å²) < 4.78 is 5.97. The van der Waals surface area contributed by atoms with E-state index in [-0.39, 0.29) is 30.3 Å². The van der Waals surface area contributed by atoms with Gasteiger partial charge < -0.3 is 15.8 Å². The Kier molecular flexibility index (Phi) is 7.49. The lowest BCUT2D eigenvalue weighted by atomic mass is 9.85. The summed E-state index contributed by atoms with van der Waals surface area (Å²) >= 11 is 0. The number of rotatable bonds is 5. The van der Waals surface area contributed by atoms with E-state index in [1.807, 2.05) is 55.5 Å². The maximum absolute atomic E-state index is 12.6. The van der Waals surface area contributed by atoms with E-state index in [2.05, 4.69) is 5.32 Å². The molecule has 140 valence electrons. The quantitative estimate of drug-likeness (QED) is 0.812. The molecular formula is C21H27ClN2O2. The summed E-state index contributed by atoms with van der Waals surface area (Å²) in [6, 6.07) is 16.0. The number of carbonyl (C=O) groups excluding carboxylic acids is 1. The lowest BCUT2D eigenvalue weighted by Crippen LogP contribution is -2.34. The van der Waals surface area contributed by atoms with E-state index in [9.17, 15) is 4.79 Å². The van der Waals surface area contributed by atoms with Crippen molar-refractivity contribution < 1.29 is 9.53 Å². The van der Waals surface area contributed by atoms with Crippen LogP contribution in [0.4, 0.5) is 5.69 Å². The Balaban J connectivity index is 0.00000243. The average Bonchev–Trinajstić information content (AvgIpc) is 2.62. The molecule has 0 spiro atoms. The minimum absolute atomic E-state index is 0. The molecule has 3 rings (SSSR count). The number of hydrogen-bond acceptors (Lipinski definition) is 3. The summed E-state index contributed by atoms with van der Waals surface area (Å²) in [6.45, 7) is 2.49. The number of ether oxygens (including phenoxy) is 1. The number of nitrogens with one attached hydrogen (secondary N) is 1. The molecule has 0 aliphatic heterocycles. The van der Waals surface area contributed by atoms with Crippen LogP contribution in [0.5, 0.6) is 5.75 Å². The molecule has 4 nitrogen and oxygen atoms in total. The number of amides is 1. The Hall–Kier alpha value is -2.04. The van der Waals surface area contributed by atoms with E-state index in [1.54, 1.807) is 0 Å². The first-order valence-electron chi connectivity index (χ1n) is 8.95. The maximum atomic E-state index is 12.6. The zero-order chi connectivity index (χ0) is 17.6. The van der Waals surface area contributed by atoms with E-state index in [0.29, 0.717) is 12.4 Å². The molecule has 3 N–H and O–H groups in total. The summed E-state index contributed by atoms with van der Waals surface area (Å²) in [5.74, 6) is 0.743. The van der Waals surface area contributed by atoms with Crippen molar-refractivity contribution in [3.63, 3.8) is 0 Å². The van der Waals surface area contributed by atoms with Crippen LogP contribution in [0, 0.1) is 12.8 Å². The van der Waals surface area contributed by atoms with Crippen LogP contribution in [0.15, 0.2) is 48.5 Å². The normalized spacial score (nSPS) is 19.3. The Morgan fingerprint density at radius 2 is 1.96 bits per heavy atom. The Morgan fingerprint density at radius 3 is 2.69 bits per heavy atom. The molecule has 2 aromatic carbocycles. The topological polar surface area (TPSA) is 64.4 Å². The van der Waals surface area contributed by atoms with E-state index < -0.39 is 0 Å². The summed E-state index contributed by atoms with van der Waals surface area (Å²) in [5, 5.41) is 3.04. The zero-order valence-electron chi connectivity index (χ0n) is 15.1. The molecule has 1 amide bonds. The third-order valence-corrected chi connectivity index (χ3v) is 4.72. The molecule has 1 fully saturated rings. The fourth-order valence-electron chi connectivity index (χ4n) is 3.29. The highest BCUT2D eigenvalue weighted by molar-refractivity contribution is 5.94. The summed E-state index contributed by atoms with van der Waals surface area (Å²) in [6.07, 6.45) is 3.70. The van der Waals surface area contributed by atoms with Gasteiger partial charge in [0, 0.05) is 12.0 Å². The average molecular weight is 375 g/mol. The number of benzene rings is 2. The van der Waals surface area contributed by atoms with Gasteiger partial charge in [-0.1, -0.05) is 42.8 Å². The first kappa shape index (κ1) is 20.3. The monoisotopic (exact) mass is 374 g/mol. The van der Waals surface area contributed by atoms with Gasteiger partial charge in [0.2, 0.25) is 5.91 Å². The second-order valence-electron chi connectivity index (χ2n) is 6.89. The van der Waals surface area contributed by atoms with Crippen molar-refractivity contribution in [2.45, 2.75) is 45.3 Å². The minimum Gasteiger partial charge on any atom is -0.487 e. The molecule has 2 aromatic rings. The Bertz CT molecular complexity index is 721. The number of nitrogens with two attached hydrogens (primary N) is 1. The van der Waals surface area contributed by atoms with Gasteiger partial charge in [-0.25, -0.2) is 0 Å². The molecule has 0 saturated heterocycles. The van der Waals surface area contributed by atoms with Crippen LogP contribution in [0.1, 0.15) is 36.8 Å². The molecule has 0 heterocycles. The van der Waals surface area contributed by atoms with E-state index in [0.717, 1.165) is 42.5 Å². The van der Waals surface area contributed by atoms with Gasteiger partial charge in [-0.05, 0) is 49.4 Å². The summed E-state index contributed by atoms with van der Waals surface area (Å²) in [7, 11) is 0. The van der Waals surface area contributed by atoms with Gasteiger partial charge in [-0.3, -0.25) is 4.79 Å². The molecule has 2 unspecified atom stereocenters. The maximum Gasteiger partial charge on any atom is 0.227 e. The summed E-state index contributed by atoms with van der Waals surface area (Å²) in [4.78, 5) is 12.6. The molecular weight excluding hydrogens is 348 g/mol. The molecule has 0 radical (unpaired) electrons. The third kappa shape index (κ3) is 5.48. The largest absolute Gasteiger partial charge is 0.487 e. The molecule has 1 aliphatic carbocycles. The molecule has 26 heavy (non-hydrogen) atoms. The highest BCUT2D eigenvalue weighted by Gasteiger charge is 2.25. The highest BCUT2D eigenvalue weighted by atomic mass is 35.5. The van der Waals surface area contributed by atoms with Crippen molar-refractivity contribution in [3.8, 4) is 5.75 Å². The fourth-order valence-corrected chi connectivity index (χ4v) is 3.29. The number of hydrogen-bond donors (Lipinski definition) is 2. The molecule has 1 aliphatic rings. The predicted molar refractivity (Wildman–Crippen MR) is 108 cm³/mol. The minimum atomic E-state index is -0.00738. The predicted octanol–water partition coefficient (Wildman–Crippen LogP) is 4.45. The van der Waals surface area contributed by atoms with Crippen molar-refractivity contribution in [2.24, 2.45) is 11.7 Å². The first-order valence-corrected chi connectivity index (χ1v) is 8.95. The van der Waals surface area contributed by atoms with Crippen LogP contribution in [0.25, 0.3) is 0 Å². The van der Waals surface area contributed by atoms with Crippen molar-refractivity contribution in [1.29, 1.82) is 0 Å². The van der Waals surface area contributed by atoms with Crippen molar-refractivity contribution in [1.82, 2.24) is 0 Å². The first-order chi connectivity index (χ1) is 12.1. The highest BCUT2D eigenvalue weighted by Crippen LogP contribution is 2.29. The van der Waals surface area contributed by atoms with E-state index in [1.165, 1.54) is 0 Å². The van der Waals surface area contributed by atoms with Crippen LogP contribution >= 0.6 is 12.4 Å². The summed E-state index contributed by atoms with van der Waals surface area (Å²) in [5.41, 5.74) is 8.94. The van der Waals surface area contributed by atoms with Gasteiger partial charge in [-0.15, -0.1) is 12.4 Å². The van der Waals surface area contributed by atoms with Crippen molar-refractivity contribution in [3.05, 3.63) is 59.7 Å². The fraction of sp³-hybridized carbons (Fsp3) is 0.381. The molecule has 0 aromatic heterocycles. The van der Waals surface area contributed by atoms with Gasteiger partial charge in [0.05, 0.1) is 5.69 Å². The standard InChI is InChI=1S/C21H26N2O2.ClH/c1-15-10-11-19(23-21(24)17-8-5-9-18(22)13-17)20(12-15)25-14-16-6-3-2-4-7-16;/h2-4,6-7,10-12,17-18H,5,8-9,13-14,22H2,1H3,(H,23,24);1H. The van der Waals surface area contributed by atoms with Crippen LogP contribution in [-0.2, 0) is 11.4 Å². The SMILES string of the molecule is Cc1ccc(NC(=O)C2CCCC(N)C2)c(OCc2ccccc2)c1.Cl. The zero-order valence-corrected chi connectivity index (χ0v) is 15.9. The van der Waals surface area contributed by atoms with Gasteiger partial charge >= 0.3 is 0 Å². The van der Waals surface area contributed by atoms with Crippen LogP contribution in [0.3, 0.4) is 0 Å². The van der Waals surface area contributed by atoms with Crippen LogP contribution < -0.4 is 15.8 Å². The number of aryl methyl sites for hydroxylation is 1. The lowest BCUT2D eigenvalue weighted by molar-refractivity contribution is -0.120. The van der Waals surface area contributed by atoms with Gasteiger partial charge in [-0.2, -0.15) is 0 Å². The lowest BCUT2D eigenvalue weighted by Gasteiger charge is -2.26. The van der Waals surface area contributed by atoms with Crippen molar-refractivity contribution >= 4 is 24.0 Å². The van der Waals surface area contributed by atoms with Crippen LogP contribution in [-0.4, -0.2) is 11.9 Å². The molecule has 0 bridgehead atoms. The smallest absolute Gasteiger partial charge is 0.227 e. The number of halogens is 1. The van der Waals surface area contributed by atoms with Gasteiger partial charge in [0.1, 0.15) is 12.4 Å². The third-order valence-electron chi connectivity index (χ3n) is 4.72. The molecule has 1 saturated carbocycles. The van der Waals surface area contributed by atoms with Gasteiger partial charge in [0.25, 0.3) is 0 Å². The Labute approximate surface area is 161 Å². The second-order valence-corrected chi connectivity index (χ2v) is 6.89. The van der Waals surface area contributed by atoms with Crippen LogP contribution in [0.2, 0.25) is 0 Å².